The second-order valence-corrected chi connectivity index (χ2v) is 11.2. The molecule has 0 atom stereocenters. The third-order valence-corrected chi connectivity index (χ3v) is 6.99. The van der Waals surface area contributed by atoms with Crippen molar-refractivity contribution in [1.29, 1.82) is 0 Å². The number of aromatic nitrogens is 2. The molecule has 0 saturated heterocycles. The van der Waals surface area contributed by atoms with Crippen LogP contribution in [-0.2, 0) is 10.3 Å². The third kappa shape index (κ3) is 9.15. The highest BCUT2D eigenvalue weighted by Gasteiger charge is 2.35. The van der Waals surface area contributed by atoms with Crippen molar-refractivity contribution < 1.29 is 9.90 Å². The maximum Gasteiger partial charge on any atom is 0.135 e. The molecule has 1 aromatic rings. The molecule has 0 amide bonds. The molecule has 1 fully saturated rings. The number of carbonyl (C=O) groups excluding carboxylic acids is 1. The summed E-state index contributed by atoms with van der Waals surface area (Å²) in [5, 5.41) is 12.3. The van der Waals surface area contributed by atoms with Gasteiger partial charge in [0.15, 0.2) is 0 Å². The Hall–Kier alpha value is -0.910. The van der Waals surface area contributed by atoms with Gasteiger partial charge in [-0.1, -0.05) is 44.4 Å². The summed E-state index contributed by atoms with van der Waals surface area (Å²) in [7, 11) is 0. The fourth-order valence-corrected chi connectivity index (χ4v) is 4.18. The summed E-state index contributed by atoms with van der Waals surface area (Å²) in [6.07, 6.45) is 13.2. The number of aliphatic hydroxyl groups is 1. The topological polar surface area (TPSA) is 55.1 Å². The molecule has 1 heterocycles. The van der Waals surface area contributed by atoms with E-state index in [0.717, 1.165) is 46.4 Å². The lowest BCUT2D eigenvalue weighted by Crippen LogP contribution is -2.46. The van der Waals surface area contributed by atoms with Gasteiger partial charge in [-0.2, -0.15) is 0 Å². The van der Waals surface area contributed by atoms with Crippen LogP contribution in [0.4, 0.5) is 0 Å². The van der Waals surface area contributed by atoms with Gasteiger partial charge in [-0.25, -0.2) is 4.98 Å². The number of nitrogens with zero attached hydrogens (tertiary/aromatic N) is 2. The predicted molar refractivity (Wildman–Crippen MR) is 140 cm³/mol. The van der Waals surface area contributed by atoms with Crippen LogP contribution in [0.15, 0.2) is 9.51 Å². The summed E-state index contributed by atoms with van der Waals surface area (Å²) < 4.78 is 3.33. The molecule has 182 valence electrons. The Labute approximate surface area is 208 Å². The van der Waals surface area contributed by atoms with Gasteiger partial charge in [0, 0.05) is 27.9 Å². The summed E-state index contributed by atoms with van der Waals surface area (Å²) >= 11 is 9.59. The first-order valence-corrected chi connectivity index (χ1v) is 13.1. The fourth-order valence-electron chi connectivity index (χ4n) is 3.91. The summed E-state index contributed by atoms with van der Waals surface area (Å²) in [6.45, 7) is 13.9. The molecule has 32 heavy (non-hydrogen) atoms. The van der Waals surface area contributed by atoms with Crippen molar-refractivity contribution in [2.75, 3.05) is 0 Å². The minimum atomic E-state index is -0.829. The minimum absolute atomic E-state index is 0.166. The van der Waals surface area contributed by atoms with Gasteiger partial charge in [-0.05, 0) is 88.7 Å². The number of aryl methyl sites for hydroxylation is 1. The summed E-state index contributed by atoms with van der Waals surface area (Å²) in [4.78, 5) is 15.8. The Kier molecular flexibility index (Phi) is 11.9. The van der Waals surface area contributed by atoms with E-state index in [-0.39, 0.29) is 17.7 Å². The Morgan fingerprint density at radius 3 is 2.38 bits per heavy atom. The number of ketones is 1. The maximum atomic E-state index is 11.1. The first-order chi connectivity index (χ1) is 14.8. The Bertz CT molecular complexity index is 901. The number of hydrogen-bond acceptors (Lipinski definition) is 3. The van der Waals surface area contributed by atoms with E-state index in [4.69, 9.17) is 16.6 Å². The summed E-state index contributed by atoms with van der Waals surface area (Å²) in [6, 6.07) is 0. The molecule has 1 aliphatic carbocycles. The van der Waals surface area contributed by atoms with Gasteiger partial charge in [0.2, 0.25) is 0 Å². The first kappa shape index (κ1) is 29.1. The van der Waals surface area contributed by atoms with Crippen LogP contribution in [0.3, 0.4) is 0 Å². The van der Waals surface area contributed by atoms with Crippen LogP contribution in [0, 0.1) is 6.92 Å². The largest absolute Gasteiger partial charge is 0.390 e. The predicted octanol–water partition coefficient (Wildman–Crippen LogP) is 6.22. The number of halogens is 2. The third-order valence-electron chi connectivity index (χ3n) is 5.74. The molecule has 1 N–H and O–H groups in total. The second kappa shape index (κ2) is 13.1. The van der Waals surface area contributed by atoms with Crippen molar-refractivity contribution in [3.63, 3.8) is 0 Å². The molecule has 6 heteroatoms. The molecule has 4 nitrogen and oxygen atoms in total. The van der Waals surface area contributed by atoms with Crippen LogP contribution in [-0.4, -0.2) is 26.0 Å². The van der Waals surface area contributed by atoms with Crippen molar-refractivity contribution in [3.05, 3.63) is 26.0 Å². The molecule has 1 aromatic heterocycles. The fraction of sp³-hybridized carbons (Fsp3) is 0.692. The van der Waals surface area contributed by atoms with Crippen molar-refractivity contribution >= 4 is 45.5 Å². The quantitative estimate of drug-likeness (QED) is 0.413. The van der Waals surface area contributed by atoms with E-state index in [2.05, 4.69) is 54.3 Å². The Morgan fingerprint density at radius 2 is 1.94 bits per heavy atom. The zero-order valence-electron chi connectivity index (χ0n) is 21.0. The van der Waals surface area contributed by atoms with Crippen LogP contribution < -0.4 is 10.7 Å². The molecular formula is C26H42BrClN2O2. The molecular weight excluding hydrogens is 488 g/mol. The van der Waals surface area contributed by atoms with E-state index < -0.39 is 5.60 Å². The zero-order chi connectivity index (χ0) is 24.5. The lowest BCUT2D eigenvalue weighted by Gasteiger charge is -2.41. The minimum Gasteiger partial charge on any atom is -0.390 e. The van der Waals surface area contributed by atoms with E-state index >= 15 is 0 Å². The van der Waals surface area contributed by atoms with Crippen LogP contribution in [0.25, 0.3) is 12.2 Å². The van der Waals surface area contributed by atoms with Crippen LogP contribution in [0.5, 0.6) is 0 Å². The summed E-state index contributed by atoms with van der Waals surface area (Å²) in [5.74, 6) is 1.26. The van der Waals surface area contributed by atoms with Crippen molar-refractivity contribution in [2.24, 2.45) is 0 Å². The average molecular weight is 530 g/mol. The van der Waals surface area contributed by atoms with Crippen molar-refractivity contribution in [1.82, 2.24) is 9.55 Å². The Balaban J connectivity index is 0.000000396. The van der Waals surface area contributed by atoms with E-state index in [1.165, 1.54) is 24.6 Å². The van der Waals surface area contributed by atoms with E-state index in [1.54, 1.807) is 13.8 Å². The standard InChI is InChI=1S/C17H24BrClN2.C9H18O2/c1-5-6-8-16-15(11-14(18)12(2)19)20-13(3)21(16)17(4)9-7-10-17;1-4-5-6-8(10)7-9(2,3)11/h8,11H,5-7,9-10H2,1-4H3;11H,4-7H2,1-3H3/b14-12-,15-11+,16-8-;. The molecule has 0 aromatic carbocycles. The smallest absolute Gasteiger partial charge is 0.135 e. The maximum absolute atomic E-state index is 11.1. The Morgan fingerprint density at radius 1 is 1.31 bits per heavy atom. The van der Waals surface area contributed by atoms with Gasteiger partial charge in [-0.15, -0.1) is 0 Å². The van der Waals surface area contributed by atoms with Gasteiger partial charge in [0.25, 0.3) is 0 Å². The monoisotopic (exact) mass is 528 g/mol. The normalized spacial score (nSPS) is 17.4. The lowest BCUT2D eigenvalue weighted by atomic mass is 9.78. The second-order valence-electron chi connectivity index (χ2n) is 9.77. The number of unbranched alkanes of at least 4 members (excludes halogenated alkanes) is 2. The van der Waals surface area contributed by atoms with Crippen LogP contribution in [0.2, 0.25) is 0 Å². The van der Waals surface area contributed by atoms with Crippen LogP contribution in [0.1, 0.15) is 105 Å². The van der Waals surface area contributed by atoms with Crippen molar-refractivity contribution in [2.45, 2.75) is 117 Å². The van der Waals surface area contributed by atoms with E-state index in [9.17, 15) is 9.90 Å². The van der Waals surface area contributed by atoms with Crippen LogP contribution >= 0.6 is 27.5 Å². The van der Waals surface area contributed by atoms with Crippen molar-refractivity contribution in [3.8, 4) is 0 Å². The molecule has 2 rings (SSSR count). The first-order valence-electron chi connectivity index (χ1n) is 11.9. The highest BCUT2D eigenvalue weighted by Crippen LogP contribution is 2.37. The summed E-state index contributed by atoms with van der Waals surface area (Å²) in [5.41, 5.74) is -0.597. The van der Waals surface area contributed by atoms with E-state index in [1.807, 2.05) is 13.0 Å². The molecule has 0 unspecified atom stereocenters. The number of rotatable bonds is 9. The zero-order valence-corrected chi connectivity index (χ0v) is 23.4. The number of imidazole rings is 1. The molecule has 1 saturated carbocycles. The lowest BCUT2D eigenvalue weighted by molar-refractivity contribution is -0.122. The highest BCUT2D eigenvalue weighted by molar-refractivity contribution is 9.12. The van der Waals surface area contributed by atoms with Gasteiger partial charge in [0.1, 0.15) is 11.6 Å². The van der Waals surface area contributed by atoms with Gasteiger partial charge < -0.3 is 9.67 Å². The van der Waals surface area contributed by atoms with Gasteiger partial charge in [-0.3, -0.25) is 4.79 Å². The molecule has 0 aliphatic heterocycles. The SMILES string of the molecule is CCC/C=c1/c(=C\C(Br)=C(/C)Cl)nc(C)n1C1(C)CCC1.CCCCC(=O)CC(C)(C)O. The number of Topliss-reactive ketones (excluding diaryl/α,β-unsaturated/α-hetero) is 1. The van der Waals surface area contributed by atoms with Gasteiger partial charge >= 0.3 is 0 Å². The van der Waals surface area contributed by atoms with Gasteiger partial charge in [0.05, 0.1) is 16.3 Å². The highest BCUT2D eigenvalue weighted by atomic mass is 79.9. The number of allylic oxidation sites excluding steroid dienone is 2. The molecule has 0 bridgehead atoms. The molecule has 1 aliphatic rings. The van der Waals surface area contributed by atoms with E-state index in [0.29, 0.717) is 6.42 Å². The number of carbonyl (C=O) groups is 1. The number of hydrogen-bond donors (Lipinski definition) is 1. The molecule has 0 radical (unpaired) electrons. The average Bonchev–Trinajstić information content (AvgIpc) is 2.96. The molecule has 0 spiro atoms.